The first kappa shape index (κ1) is 19.8. The molecule has 0 saturated heterocycles. The minimum Gasteiger partial charge on any atom is -0.479 e. The second kappa shape index (κ2) is 8.47. The van der Waals surface area contributed by atoms with Crippen LogP contribution in [0.3, 0.4) is 0 Å². The summed E-state index contributed by atoms with van der Waals surface area (Å²) >= 11 is 6.34. The van der Waals surface area contributed by atoms with Crippen molar-refractivity contribution in [3.05, 3.63) is 51.7 Å². The van der Waals surface area contributed by atoms with Crippen LogP contribution in [0.25, 0.3) is 12.2 Å². The number of hydrogen-bond acceptors (Lipinski definition) is 4. The first-order valence-electron chi connectivity index (χ1n) is 9.61. The van der Waals surface area contributed by atoms with E-state index in [0.29, 0.717) is 18.7 Å². The number of H-pyrrole nitrogens is 1. The lowest BCUT2D eigenvalue weighted by Crippen LogP contribution is -2.42. The molecule has 2 unspecified atom stereocenters. The van der Waals surface area contributed by atoms with Crippen molar-refractivity contribution in [1.29, 1.82) is 0 Å². The van der Waals surface area contributed by atoms with Crippen molar-refractivity contribution in [3.8, 4) is 5.75 Å². The first-order valence-corrected chi connectivity index (χ1v) is 10.0. The number of nitrogens with two attached hydrogens (primary N) is 1. The molecule has 6 nitrogen and oxygen atoms in total. The molecule has 3 N–H and O–H groups in total. The summed E-state index contributed by atoms with van der Waals surface area (Å²) in [7, 11) is 0. The van der Waals surface area contributed by atoms with Crippen molar-refractivity contribution in [3.63, 3.8) is 0 Å². The van der Waals surface area contributed by atoms with Crippen LogP contribution in [-0.4, -0.2) is 47.9 Å². The summed E-state index contributed by atoms with van der Waals surface area (Å²) in [6, 6.07) is 7.06. The van der Waals surface area contributed by atoms with Gasteiger partial charge in [0.2, 0.25) is 0 Å². The number of nitrogens with zero attached hydrogens (tertiary/aromatic N) is 1. The third-order valence-electron chi connectivity index (χ3n) is 5.28. The number of amides is 1. The average molecular weight is 420 g/mol. The van der Waals surface area contributed by atoms with Gasteiger partial charge in [-0.15, -0.1) is 11.6 Å². The molecule has 0 saturated carbocycles. The van der Waals surface area contributed by atoms with Crippen molar-refractivity contribution < 1.29 is 18.7 Å². The molecule has 8 heteroatoms. The fourth-order valence-corrected chi connectivity index (χ4v) is 4.26. The quantitative estimate of drug-likeness (QED) is 0.573. The topological polar surface area (TPSA) is 80.6 Å². The number of carbonyl (C=O) groups is 1. The van der Waals surface area contributed by atoms with Gasteiger partial charge < -0.3 is 14.5 Å². The SMILES string of the molecule is NCOc1ccc(C2c3[nH]c4c(c3CCN2C(=O)OCCF)=CC(Cl)CC=4)cc1. The summed E-state index contributed by atoms with van der Waals surface area (Å²) in [6.07, 6.45) is 5.05. The Morgan fingerprint density at radius 3 is 2.86 bits per heavy atom. The normalized spacial score (nSPS) is 20.2. The van der Waals surface area contributed by atoms with Crippen molar-refractivity contribution in [2.24, 2.45) is 5.73 Å². The minimum absolute atomic E-state index is 0.0407. The fraction of sp³-hybridized carbons (Fsp3) is 0.381. The molecule has 0 spiro atoms. The number of halogens is 2. The molecule has 2 aromatic rings. The lowest BCUT2D eigenvalue weighted by molar-refractivity contribution is 0.0836. The van der Waals surface area contributed by atoms with E-state index < -0.39 is 12.8 Å². The van der Waals surface area contributed by atoms with E-state index in [1.54, 1.807) is 4.90 Å². The van der Waals surface area contributed by atoms with E-state index in [9.17, 15) is 9.18 Å². The third kappa shape index (κ3) is 3.84. The largest absolute Gasteiger partial charge is 0.479 e. The molecule has 154 valence electrons. The number of aromatic nitrogens is 1. The summed E-state index contributed by atoms with van der Waals surface area (Å²) < 4.78 is 23.0. The Morgan fingerprint density at radius 2 is 2.14 bits per heavy atom. The van der Waals surface area contributed by atoms with Crippen LogP contribution in [0.1, 0.15) is 29.3 Å². The van der Waals surface area contributed by atoms with Crippen molar-refractivity contribution in [1.82, 2.24) is 9.88 Å². The lowest BCUT2D eigenvalue weighted by Gasteiger charge is -2.35. The van der Waals surface area contributed by atoms with Crippen LogP contribution in [0.2, 0.25) is 0 Å². The van der Waals surface area contributed by atoms with Crippen molar-refractivity contribution in [2.45, 2.75) is 24.3 Å². The van der Waals surface area contributed by atoms with Crippen molar-refractivity contribution in [2.75, 3.05) is 26.6 Å². The molecule has 1 amide bonds. The lowest BCUT2D eigenvalue weighted by atomic mass is 9.92. The molecule has 4 rings (SSSR count). The number of carbonyl (C=O) groups excluding carboxylic acids is 1. The van der Waals surface area contributed by atoms with Gasteiger partial charge in [0.05, 0.1) is 5.38 Å². The third-order valence-corrected chi connectivity index (χ3v) is 5.58. The van der Waals surface area contributed by atoms with Gasteiger partial charge in [-0.05, 0) is 36.1 Å². The highest BCUT2D eigenvalue weighted by atomic mass is 35.5. The Morgan fingerprint density at radius 1 is 1.34 bits per heavy atom. The van der Waals surface area contributed by atoms with Crippen LogP contribution < -0.4 is 21.0 Å². The number of aromatic amines is 1. The van der Waals surface area contributed by atoms with Gasteiger partial charge in [0, 0.05) is 22.8 Å². The molecular formula is C21H23ClFN3O3. The highest BCUT2D eigenvalue weighted by Crippen LogP contribution is 2.34. The van der Waals surface area contributed by atoms with E-state index in [1.165, 1.54) is 0 Å². The standard InChI is InChI=1S/C21H23ClFN3O3/c22-14-3-6-18-17(11-14)16-7-9-26(21(27)28-10-8-23)20(19(16)25-18)13-1-4-15(5-2-13)29-12-24/h1-2,4-6,11,14,20,25H,3,7-10,12,24H2. The number of rotatable bonds is 5. The van der Waals surface area contributed by atoms with Gasteiger partial charge in [-0.2, -0.15) is 0 Å². The van der Waals surface area contributed by atoms with Crippen molar-refractivity contribution >= 4 is 29.8 Å². The number of benzene rings is 1. The summed E-state index contributed by atoms with van der Waals surface area (Å²) in [5, 5.41) is 2.09. The number of ether oxygens (including phenoxy) is 2. The summed E-state index contributed by atoms with van der Waals surface area (Å²) in [4.78, 5) is 17.8. The molecule has 2 heterocycles. The van der Waals surface area contributed by atoms with E-state index in [4.69, 9.17) is 26.8 Å². The Hall–Kier alpha value is -2.51. The van der Waals surface area contributed by atoms with Gasteiger partial charge in [-0.3, -0.25) is 10.6 Å². The molecule has 29 heavy (non-hydrogen) atoms. The molecule has 1 aliphatic carbocycles. The van der Waals surface area contributed by atoms with Gasteiger partial charge in [0.15, 0.2) is 0 Å². The predicted octanol–water partition coefficient (Wildman–Crippen LogP) is 1.94. The second-order valence-electron chi connectivity index (χ2n) is 7.00. The highest BCUT2D eigenvalue weighted by molar-refractivity contribution is 6.24. The fourth-order valence-electron chi connectivity index (χ4n) is 4.04. The van der Waals surface area contributed by atoms with E-state index in [-0.39, 0.29) is 24.8 Å². The molecule has 2 atom stereocenters. The van der Waals surface area contributed by atoms with Gasteiger partial charge in [-0.25, -0.2) is 9.18 Å². The van der Waals surface area contributed by atoms with Gasteiger partial charge >= 0.3 is 6.09 Å². The second-order valence-corrected chi connectivity index (χ2v) is 7.56. The van der Waals surface area contributed by atoms with Gasteiger partial charge in [0.25, 0.3) is 0 Å². The Balaban J connectivity index is 1.78. The molecule has 0 radical (unpaired) electrons. The number of nitrogens with one attached hydrogen (secondary N) is 1. The monoisotopic (exact) mass is 419 g/mol. The van der Waals surface area contributed by atoms with Crippen LogP contribution in [0, 0.1) is 0 Å². The van der Waals surface area contributed by atoms with Crippen LogP contribution in [-0.2, 0) is 11.2 Å². The van der Waals surface area contributed by atoms with Crippen LogP contribution in [0.5, 0.6) is 5.75 Å². The van der Waals surface area contributed by atoms with Gasteiger partial charge in [0.1, 0.15) is 31.8 Å². The Bertz CT molecular complexity index is 1010. The maximum atomic E-state index is 12.7. The molecular weight excluding hydrogens is 397 g/mol. The minimum atomic E-state index is -0.710. The van der Waals surface area contributed by atoms with Crippen LogP contribution >= 0.6 is 11.6 Å². The molecule has 0 fully saturated rings. The summed E-state index contributed by atoms with van der Waals surface area (Å²) in [5.41, 5.74) is 8.42. The maximum Gasteiger partial charge on any atom is 0.410 e. The predicted molar refractivity (Wildman–Crippen MR) is 109 cm³/mol. The van der Waals surface area contributed by atoms with Gasteiger partial charge in [-0.1, -0.05) is 24.3 Å². The zero-order valence-corrected chi connectivity index (χ0v) is 16.6. The summed E-state index contributed by atoms with van der Waals surface area (Å²) in [6.45, 7) is -0.411. The Kier molecular flexibility index (Phi) is 5.78. The molecule has 1 aromatic carbocycles. The maximum absolute atomic E-state index is 12.7. The smallest absolute Gasteiger partial charge is 0.410 e. The summed E-state index contributed by atoms with van der Waals surface area (Å²) in [5.74, 6) is 0.649. The number of hydrogen-bond donors (Lipinski definition) is 2. The van der Waals surface area contributed by atoms with E-state index in [1.807, 2.05) is 24.3 Å². The molecule has 1 aromatic heterocycles. The van der Waals surface area contributed by atoms with E-state index in [0.717, 1.165) is 33.8 Å². The highest BCUT2D eigenvalue weighted by Gasteiger charge is 2.35. The molecule has 2 aliphatic rings. The Labute approximate surface area is 172 Å². The zero-order chi connectivity index (χ0) is 20.4. The van der Waals surface area contributed by atoms with Crippen LogP contribution in [0.15, 0.2) is 24.3 Å². The van der Waals surface area contributed by atoms with Crippen LogP contribution in [0.4, 0.5) is 9.18 Å². The van der Waals surface area contributed by atoms with E-state index in [2.05, 4.69) is 17.1 Å². The number of alkyl halides is 2. The average Bonchev–Trinajstić information content (AvgIpc) is 3.10. The zero-order valence-electron chi connectivity index (χ0n) is 15.9. The molecule has 0 bridgehead atoms. The first-order chi connectivity index (χ1) is 14.1. The number of fused-ring (bicyclic) bond motifs is 3. The van der Waals surface area contributed by atoms with E-state index >= 15 is 0 Å². The molecule has 1 aliphatic heterocycles.